The summed E-state index contributed by atoms with van der Waals surface area (Å²) in [6.45, 7) is 11.4. The molecule has 0 spiro atoms. The topological polar surface area (TPSA) is 46.6 Å². The van der Waals surface area contributed by atoms with Gasteiger partial charge in [0.25, 0.3) is 5.91 Å². The van der Waals surface area contributed by atoms with Crippen molar-refractivity contribution in [1.29, 1.82) is 0 Å². The fourth-order valence-electron chi connectivity index (χ4n) is 4.91. The third kappa shape index (κ3) is 3.73. The first-order valence-corrected chi connectivity index (χ1v) is 9.12. The number of benzene rings is 1. The zero-order chi connectivity index (χ0) is 18.4. The van der Waals surface area contributed by atoms with Gasteiger partial charge in [-0.25, -0.2) is 4.79 Å². The summed E-state index contributed by atoms with van der Waals surface area (Å²) in [6, 6.07) is 5.75. The van der Waals surface area contributed by atoms with Crippen LogP contribution < -0.4 is 0 Å². The SMILES string of the molecule is Cc1ccc(C(=O)OCC(=O)N2C[C@@]3(C)C[C@@H]2CC(C)(C)C3)cc1C. The van der Waals surface area contributed by atoms with Crippen LogP contribution in [0.1, 0.15) is 61.5 Å². The van der Waals surface area contributed by atoms with Crippen molar-refractivity contribution in [1.82, 2.24) is 4.90 Å². The first-order valence-electron chi connectivity index (χ1n) is 9.12. The van der Waals surface area contributed by atoms with Crippen LogP contribution in [0.3, 0.4) is 0 Å². The van der Waals surface area contributed by atoms with Crippen LogP contribution in [0.4, 0.5) is 0 Å². The van der Waals surface area contributed by atoms with Gasteiger partial charge < -0.3 is 9.64 Å². The molecule has 1 aromatic rings. The molecule has 1 saturated carbocycles. The maximum atomic E-state index is 12.6. The summed E-state index contributed by atoms with van der Waals surface area (Å²) in [4.78, 5) is 26.8. The monoisotopic (exact) mass is 343 g/mol. The lowest BCUT2D eigenvalue weighted by atomic mass is 9.65. The molecule has 2 aliphatic rings. The number of aryl methyl sites for hydroxylation is 2. The average molecular weight is 343 g/mol. The molecule has 2 atom stereocenters. The van der Waals surface area contributed by atoms with Gasteiger partial charge in [0.2, 0.25) is 0 Å². The molecule has 0 radical (unpaired) electrons. The molecule has 1 aromatic carbocycles. The van der Waals surface area contributed by atoms with Crippen molar-refractivity contribution in [3.05, 3.63) is 34.9 Å². The van der Waals surface area contributed by atoms with Crippen LogP contribution in [-0.4, -0.2) is 36.0 Å². The number of esters is 1. The molecule has 2 fully saturated rings. The summed E-state index contributed by atoms with van der Waals surface area (Å²) in [6.07, 6.45) is 3.23. The molecule has 4 nitrogen and oxygen atoms in total. The Bertz CT molecular complexity index is 709. The highest BCUT2D eigenvalue weighted by Crippen LogP contribution is 2.52. The largest absolute Gasteiger partial charge is 0.452 e. The quantitative estimate of drug-likeness (QED) is 0.782. The van der Waals surface area contributed by atoms with Gasteiger partial charge in [-0.15, -0.1) is 0 Å². The molecule has 0 unspecified atom stereocenters. The number of hydrogen-bond donors (Lipinski definition) is 0. The van der Waals surface area contributed by atoms with Crippen molar-refractivity contribution in [3.8, 4) is 0 Å². The molecule has 3 rings (SSSR count). The van der Waals surface area contributed by atoms with Gasteiger partial charge in [-0.3, -0.25) is 4.79 Å². The molecule has 1 saturated heterocycles. The molecular weight excluding hydrogens is 314 g/mol. The van der Waals surface area contributed by atoms with Crippen molar-refractivity contribution in [2.24, 2.45) is 10.8 Å². The molecule has 1 heterocycles. The lowest BCUT2D eigenvalue weighted by Crippen LogP contribution is -2.39. The Morgan fingerprint density at radius 2 is 1.88 bits per heavy atom. The summed E-state index contributed by atoms with van der Waals surface area (Å²) in [5.74, 6) is -0.492. The summed E-state index contributed by atoms with van der Waals surface area (Å²) in [5, 5.41) is 0. The molecular formula is C21H29NO3. The van der Waals surface area contributed by atoms with Crippen molar-refractivity contribution >= 4 is 11.9 Å². The van der Waals surface area contributed by atoms with E-state index in [0.717, 1.165) is 36.9 Å². The molecule has 1 amide bonds. The van der Waals surface area contributed by atoms with Gasteiger partial charge in [-0.1, -0.05) is 26.8 Å². The second-order valence-corrected chi connectivity index (χ2v) is 9.11. The van der Waals surface area contributed by atoms with Gasteiger partial charge in [0.15, 0.2) is 6.61 Å². The maximum absolute atomic E-state index is 12.6. The highest BCUT2D eigenvalue weighted by atomic mass is 16.5. The van der Waals surface area contributed by atoms with E-state index in [-0.39, 0.29) is 29.4 Å². The van der Waals surface area contributed by atoms with Crippen molar-refractivity contribution in [2.45, 2.75) is 59.9 Å². The van der Waals surface area contributed by atoms with E-state index in [1.165, 1.54) is 0 Å². The zero-order valence-electron chi connectivity index (χ0n) is 16.0. The van der Waals surface area contributed by atoms with Crippen LogP contribution in [0.25, 0.3) is 0 Å². The Hall–Kier alpha value is -1.84. The first-order chi connectivity index (χ1) is 11.6. The number of nitrogens with zero attached hydrogens (tertiary/aromatic N) is 1. The van der Waals surface area contributed by atoms with E-state index in [1.807, 2.05) is 30.9 Å². The lowest BCUT2D eigenvalue weighted by molar-refractivity contribution is -0.135. The molecule has 0 aromatic heterocycles. The highest BCUT2D eigenvalue weighted by molar-refractivity contribution is 5.91. The van der Waals surface area contributed by atoms with E-state index in [1.54, 1.807) is 6.07 Å². The maximum Gasteiger partial charge on any atom is 0.338 e. The van der Waals surface area contributed by atoms with E-state index in [9.17, 15) is 9.59 Å². The van der Waals surface area contributed by atoms with Crippen LogP contribution in [-0.2, 0) is 9.53 Å². The van der Waals surface area contributed by atoms with Crippen LogP contribution in [0.15, 0.2) is 18.2 Å². The third-order valence-corrected chi connectivity index (χ3v) is 5.80. The Morgan fingerprint density at radius 1 is 1.16 bits per heavy atom. The number of rotatable bonds is 3. The minimum Gasteiger partial charge on any atom is -0.452 e. The average Bonchev–Trinajstić information content (AvgIpc) is 2.76. The molecule has 2 bridgehead atoms. The standard InChI is InChI=1S/C21H29NO3/c1-14-6-7-16(8-15(14)2)19(24)25-11-18(23)22-13-21(5)10-17(22)9-20(3,4)12-21/h6-8,17H,9-13H2,1-5H3/t17-,21-/m0/s1. The van der Waals surface area contributed by atoms with E-state index < -0.39 is 5.97 Å². The van der Waals surface area contributed by atoms with E-state index in [2.05, 4.69) is 20.8 Å². The molecule has 136 valence electrons. The van der Waals surface area contributed by atoms with Gasteiger partial charge in [-0.2, -0.15) is 0 Å². The van der Waals surface area contributed by atoms with Crippen LogP contribution in [0.2, 0.25) is 0 Å². The normalized spacial score (nSPS) is 27.2. The summed E-state index contributed by atoms with van der Waals surface area (Å²) >= 11 is 0. The second kappa shape index (κ2) is 6.15. The van der Waals surface area contributed by atoms with Crippen LogP contribution >= 0.6 is 0 Å². The predicted octanol–water partition coefficient (Wildman–Crippen LogP) is 3.89. The zero-order valence-corrected chi connectivity index (χ0v) is 16.0. The Morgan fingerprint density at radius 3 is 2.56 bits per heavy atom. The number of hydrogen-bond acceptors (Lipinski definition) is 3. The minimum absolute atomic E-state index is 0.0661. The summed E-state index contributed by atoms with van der Waals surface area (Å²) < 4.78 is 5.30. The Balaban J connectivity index is 1.61. The predicted molar refractivity (Wildman–Crippen MR) is 97.4 cm³/mol. The molecule has 4 heteroatoms. The second-order valence-electron chi connectivity index (χ2n) is 9.11. The van der Waals surface area contributed by atoms with Crippen molar-refractivity contribution in [3.63, 3.8) is 0 Å². The van der Waals surface area contributed by atoms with Gasteiger partial charge in [0, 0.05) is 12.6 Å². The Labute approximate surface area is 150 Å². The van der Waals surface area contributed by atoms with Gasteiger partial charge in [0.1, 0.15) is 0 Å². The highest BCUT2D eigenvalue weighted by Gasteiger charge is 2.50. The van der Waals surface area contributed by atoms with Gasteiger partial charge >= 0.3 is 5.97 Å². The van der Waals surface area contributed by atoms with E-state index in [4.69, 9.17) is 4.74 Å². The molecule has 1 aliphatic carbocycles. The van der Waals surface area contributed by atoms with E-state index in [0.29, 0.717) is 5.56 Å². The Kier molecular flexibility index (Phi) is 4.42. The summed E-state index contributed by atoms with van der Waals surface area (Å²) in [5.41, 5.74) is 3.14. The lowest BCUT2D eigenvalue weighted by Gasteiger charge is -2.39. The number of fused-ring (bicyclic) bond motifs is 2. The fourth-order valence-corrected chi connectivity index (χ4v) is 4.91. The minimum atomic E-state index is -0.426. The number of ether oxygens (including phenoxy) is 1. The number of carbonyl (C=O) groups excluding carboxylic acids is 2. The smallest absolute Gasteiger partial charge is 0.338 e. The van der Waals surface area contributed by atoms with Crippen LogP contribution in [0.5, 0.6) is 0 Å². The first kappa shape index (κ1) is 18.0. The molecule has 25 heavy (non-hydrogen) atoms. The van der Waals surface area contributed by atoms with Gasteiger partial charge in [0.05, 0.1) is 5.56 Å². The van der Waals surface area contributed by atoms with Crippen molar-refractivity contribution in [2.75, 3.05) is 13.2 Å². The molecule has 1 aliphatic heterocycles. The number of likely N-dealkylation sites (tertiary alicyclic amines) is 1. The summed E-state index contributed by atoms with van der Waals surface area (Å²) in [7, 11) is 0. The van der Waals surface area contributed by atoms with Crippen molar-refractivity contribution < 1.29 is 14.3 Å². The number of amides is 1. The van der Waals surface area contributed by atoms with Gasteiger partial charge in [-0.05, 0) is 67.2 Å². The molecule has 0 N–H and O–H groups in total. The number of carbonyl (C=O) groups is 2. The third-order valence-electron chi connectivity index (χ3n) is 5.80. The van der Waals surface area contributed by atoms with E-state index >= 15 is 0 Å². The fraction of sp³-hybridized carbons (Fsp3) is 0.619. The van der Waals surface area contributed by atoms with Crippen LogP contribution in [0, 0.1) is 24.7 Å².